The van der Waals surface area contributed by atoms with Crippen LogP contribution in [-0.4, -0.2) is 40.7 Å². The molecule has 102 valence electrons. The Balaban J connectivity index is 1.69. The lowest BCUT2D eigenvalue weighted by Crippen LogP contribution is -2.42. The molecule has 1 saturated heterocycles. The fourth-order valence-electron chi connectivity index (χ4n) is 2.40. The van der Waals surface area contributed by atoms with Gasteiger partial charge in [0, 0.05) is 24.9 Å². The zero-order chi connectivity index (χ0) is 13.0. The summed E-state index contributed by atoms with van der Waals surface area (Å²) in [7, 11) is 0. The zero-order valence-electron chi connectivity index (χ0n) is 10.8. The van der Waals surface area contributed by atoms with E-state index < -0.39 is 0 Å². The summed E-state index contributed by atoms with van der Waals surface area (Å²) in [6.45, 7) is 5.28. The first kappa shape index (κ1) is 14.3. The van der Waals surface area contributed by atoms with E-state index >= 15 is 0 Å². The molecule has 0 amide bonds. The maximum absolute atomic E-state index is 9.68. The highest BCUT2D eigenvalue weighted by molar-refractivity contribution is 7.09. The smallest absolute Gasteiger partial charge is 0.0929 e. The Bertz CT molecular complexity index is 372. The number of alkyl halides is 1. The number of aromatic nitrogens is 1. The lowest BCUT2D eigenvalue weighted by Gasteiger charge is -2.34. The van der Waals surface area contributed by atoms with Crippen LogP contribution in [0.1, 0.15) is 30.5 Å². The van der Waals surface area contributed by atoms with Gasteiger partial charge in [-0.25, -0.2) is 4.98 Å². The summed E-state index contributed by atoms with van der Waals surface area (Å²) in [5.41, 5.74) is 0.992. The topological polar surface area (TPSA) is 36.4 Å². The first-order chi connectivity index (χ1) is 8.69. The molecular weight excluding hydrogens is 268 g/mol. The van der Waals surface area contributed by atoms with Crippen molar-refractivity contribution in [1.82, 2.24) is 9.88 Å². The number of halogens is 1. The standard InChI is InChI=1S/C13H21ClN2OS/c1-10-8-16(6-4-12(10)17)5-2-3-13-15-11(7-14)9-18-13/h9-10,12,17H,2-8H2,1H3. The third kappa shape index (κ3) is 3.92. The summed E-state index contributed by atoms with van der Waals surface area (Å²) in [6, 6.07) is 0. The van der Waals surface area contributed by atoms with Crippen LogP contribution in [0.5, 0.6) is 0 Å². The van der Waals surface area contributed by atoms with Gasteiger partial charge in [-0.15, -0.1) is 22.9 Å². The number of rotatable bonds is 5. The molecule has 1 aromatic heterocycles. The molecule has 18 heavy (non-hydrogen) atoms. The highest BCUT2D eigenvalue weighted by Crippen LogP contribution is 2.18. The van der Waals surface area contributed by atoms with Crippen LogP contribution in [0.2, 0.25) is 0 Å². The SMILES string of the molecule is CC1CN(CCCc2nc(CCl)cs2)CCC1O. The van der Waals surface area contributed by atoms with Crippen LogP contribution in [0, 0.1) is 5.92 Å². The van der Waals surface area contributed by atoms with Gasteiger partial charge < -0.3 is 10.0 Å². The predicted molar refractivity (Wildman–Crippen MR) is 76.2 cm³/mol. The van der Waals surface area contributed by atoms with E-state index in [1.54, 1.807) is 11.3 Å². The lowest BCUT2D eigenvalue weighted by molar-refractivity contribution is 0.0348. The number of likely N-dealkylation sites (tertiary alicyclic amines) is 1. The third-order valence-corrected chi connectivity index (χ3v) is 4.78. The monoisotopic (exact) mass is 288 g/mol. The zero-order valence-corrected chi connectivity index (χ0v) is 12.4. The summed E-state index contributed by atoms with van der Waals surface area (Å²) in [5, 5.41) is 12.9. The molecule has 1 N–H and O–H groups in total. The van der Waals surface area contributed by atoms with Crippen LogP contribution in [0.3, 0.4) is 0 Å². The highest BCUT2D eigenvalue weighted by atomic mass is 35.5. The lowest BCUT2D eigenvalue weighted by atomic mass is 9.96. The Morgan fingerprint density at radius 3 is 3.11 bits per heavy atom. The van der Waals surface area contributed by atoms with Gasteiger partial charge in [0.1, 0.15) is 0 Å². The van der Waals surface area contributed by atoms with Crippen LogP contribution in [0.4, 0.5) is 0 Å². The predicted octanol–water partition coefficient (Wildman–Crippen LogP) is 2.52. The average Bonchev–Trinajstić information content (AvgIpc) is 2.82. The van der Waals surface area contributed by atoms with Gasteiger partial charge in [-0.05, 0) is 25.3 Å². The average molecular weight is 289 g/mol. The molecule has 0 aliphatic carbocycles. The summed E-state index contributed by atoms with van der Waals surface area (Å²) < 4.78 is 0. The van der Waals surface area contributed by atoms with Gasteiger partial charge in [-0.3, -0.25) is 0 Å². The minimum atomic E-state index is -0.105. The Morgan fingerprint density at radius 2 is 2.44 bits per heavy atom. The fraction of sp³-hybridized carbons (Fsp3) is 0.769. The van der Waals surface area contributed by atoms with Crippen LogP contribution in [-0.2, 0) is 12.3 Å². The van der Waals surface area contributed by atoms with Gasteiger partial charge in [0.15, 0.2) is 0 Å². The van der Waals surface area contributed by atoms with E-state index in [9.17, 15) is 5.11 Å². The van der Waals surface area contributed by atoms with Gasteiger partial charge in [0.05, 0.1) is 22.7 Å². The molecule has 1 aliphatic heterocycles. The van der Waals surface area contributed by atoms with Gasteiger partial charge in [-0.2, -0.15) is 0 Å². The Labute approximate surface area is 118 Å². The first-order valence-corrected chi connectivity index (χ1v) is 8.00. The molecule has 0 aromatic carbocycles. The van der Waals surface area contributed by atoms with Crippen molar-refractivity contribution < 1.29 is 5.11 Å². The van der Waals surface area contributed by atoms with Crippen molar-refractivity contribution in [2.75, 3.05) is 19.6 Å². The molecule has 1 fully saturated rings. The van der Waals surface area contributed by atoms with Crippen LogP contribution < -0.4 is 0 Å². The molecular formula is C13H21ClN2OS. The number of thiazole rings is 1. The largest absolute Gasteiger partial charge is 0.393 e. The van der Waals surface area contributed by atoms with E-state index in [2.05, 4.69) is 16.8 Å². The number of nitrogens with zero attached hydrogens (tertiary/aromatic N) is 2. The molecule has 0 spiro atoms. The molecule has 0 bridgehead atoms. The van der Waals surface area contributed by atoms with Crippen molar-refractivity contribution >= 4 is 22.9 Å². The van der Waals surface area contributed by atoms with Crippen molar-refractivity contribution in [3.05, 3.63) is 16.1 Å². The number of aliphatic hydroxyl groups excluding tert-OH is 1. The van der Waals surface area contributed by atoms with Gasteiger partial charge in [-0.1, -0.05) is 6.92 Å². The number of hydrogen-bond donors (Lipinski definition) is 1. The maximum Gasteiger partial charge on any atom is 0.0929 e. The molecule has 0 radical (unpaired) electrons. The molecule has 2 atom stereocenters. The Hall–Kier alpha value is -0.160. The number of hydrogen-bond acceptors (Lipinski definition) is 4. The normalized spacial score (nSPS) is 25.5. The molecule has 2 heterocycles. The molecule has 2 rings (SSSR count). The van der Waals surface area contributed by atoms with E-state index in [0.717, 1.165) is 44.6 Å². The van der Waals surface area contributed by atoms with E-state index in [-0.39, 0.29) is 6.10 Å². The fourth-order valence-corrected chi connectivity index (χ4v) is 3.47. The van der Waals surface area contributed by atoms with Crippen LogP contribution in [0.15, 0.2) is 5.38 Å². The first-order valence-electron chi connectivity index (χ1n) is 6.58. The van der Waals surface area contributed by atoms with Crippen molar-refractivity contribution in [3.63, 3.8) is 0 Å². The summed E-state index contributed by atoms with van der Waals surface area (Å²) in [5.74, 6) is 0.916. The van der Waals surface area contributed by atoms with E-state index in [1.807, 2.05) is 5.38 Å². The number of aryl methyl sites for hydroxylation is 1. The van der Waals surface area contributed by atoms with Gasteiger partial charge in [0.25, 0.3) is 0 Å². The summed E-state index contributed by atoms with van der Waals surface area (Å²) in [6.07, 6.45) is 2.98. The van der Waals surface area contributed by atoms with Crippen molar-refractivity contribution in [2.24, 2.45) is 5.92 Å². The molecule has 1 aliphatic rings. The van der Waals surface area contributed by atoms with Crippen molar-refractivity contribution in [2.45, 2.75) is 38.2 Å². The highest BCUT2D eigenvalue weighted by Gasteiger charge is 2.23. The second kappa shape index (κ2) is 6.85. The van der Waals surface area contributed by atoms with Crippen molar-refractivity contribution in [3.8, 4) is 0 Å². The minimum Gasteiger partial charge on any atom is -0.393 e. The summed E-state index contributed by atoms with van der Waals surface area (Å²) in [4.78, 5) is 6.92. The molecule has 5 heteroatoms. The quantitative estimate of drug-likeness (QED) is 0.846. The van der Waals surface area contributed by atoms with E-state index in [4.69, 9.17) is 11.6 Å². The second-order valence-corrected chi connectivity index (χ2v) is 6.31. The molecule has 3 nitrogen and oxygen atoms in total. The number of piperidine rings is 1. The van der Waals surface area contributed by atoms with E-state index in [1.165, 1.54) is 5.01 Å². The summed E-state index contributed by atoms with van der Waals surface area (Å²) >= 11 is 7.45. The minimum absolute atomic E-state index is 0.105. The molecule has 2 unspecified atom stereocenters. The maximum atomic E-state index is 9.68. The van der Waals surface area contributed by atoms with Crippen molar-refractivity contribution in [1.29, 1.82) is 0 Å². The second-order valence-electron chi connectivity index (χ2n) is 5.10. The number of aliphatic hydroxyl groups is 1. The molecule has 1 aromatic rings. The Kier molecular flexibility index (Phi) is 5.42. The van der Waals surface area contributed by atoms with Crippen LogP contribution in [0.25, 0.3) is 0 Å². The Morgan fingerprint density at radius 1 is 1.61 bits per heavy atom. The van der Waals surface area contributed by atoms with Gasteiger partial charge in [0.2, 0.25) is 0 Å². The van der Waals surface area contributed by atoms with E-state index in [0.29, 0.717) is 11.8 Å². The third-order valence-electron chi connectivity index (χ3n) is 3.55. The molecule has 0 saturated carbocycles. The van der Waals surface area contributed by atoms with Gasteiger partial charge >= 0.3 is 0 Å². The van der Waals surface area contributed by atoms with Crippen LogP contribution >= 0.6 is 22.9 Å².